The van der Waals surface area contributed by atoms with E-state index in [2.05, 4.69) is 32.7 Å². The number of β-amino-alcohol motifs (C(OH)–C–C–N with tert-alkyl or cyclic N) is 1. The smallest absolute Gasteiger partial charge is 0.0690 e. The average molecular weight is 242 g/mol. The number of aliphatic hydroxyl groups excluding tert-OH is 1. The third-order valence-electron chi connectivity index (χ3n) is 4.63. The third-order valence-corrected chi connectivity index (χ3v) is 4.63. The normalized spacial score (nSPS) is 32.1. The first kappa shape index (κ1) is 14.9. The lowest BCUT2D eigenvalue weighted by Gasteiger charge is -2.46. The molecule has 0 heterocycles. The number of hydrogen-bond donors (Lipinski definition) is 2. The quantitative estimate of drug-likeness (QED) is 0.773. The van der Waals surface area contributed by atoms with Crippen LogP contribution in [0.3, 0.4) is 0 Å². The molecule has 0 aromatic rings. The van der Waals surface area contributed by atoms with Crippen molar-refractivity contribution in [1.29, 1.82) is 0 Å². The molecule has 1 aliphatic carbocycles. The second kappa shape index (κ2) is 6.17. The summed E-state index contributed by atoms with van der Waals surface area (Å²) in [4.78, 5) is 2.31. The Hall–Kier alpha value is -0.120. The summed E-state index contributed by atoms with van der Waals surface area (Å²) in [6.45, 7) is 7.90. The van der Waals surface area contributed by atoms with Crippen LogP contribution in [0.2, 0.25) is 0 Å². The summed E-state index contributed by atoms with van der Waals surface area (Å²) >= 11 is 0. The highest BCUT2D eigenvalue weighted by Gasteiger charge is 2.37. The van der Waals surface area contributed by atoms with Gasteiger partial charge in [0, 0.05) is 18.6 Å². The monoisotopic (exact) mass is 242 g/mol. The highest BCUT2D eigenvalue weighted by atomic mass is 16.3. The zero-order valence-corrected chi connectivity index (χ0v) is 11.9. The van der Waals surface area contributed by atoms with Gasteiger partial charge in [0.15, 0.2) is 0 Å². The molecule has 1 aliphatic rings. The fraction of sp³-hybridized carbons (Fsp3) is 1.00. The number of hydrogen-bond acceptors (Lipinski definition) is 3. The third kappa shape index (κ3) is 3.67. The van der Waals surface area contributed by atoms with Crippen LogP contribution in [0.5, 0.6) is 0 Å². The highest BCUT2D eigenvalue weighted by molar-refractivity contribution is 4.94. The molecule has 17 heavy (non-hydrogen) atoms. The predicted molar refractivity (Wildman–Crippen MR) is 72.9 cm³/mol. The Kier molecular flexibility index (Phi) is 5.42. The van der Waals surface area contributed by atoms with Gasteiger partial charge in [-0.25, -0.2) is 0 Å². The fourth-order valence-corrected chi connectivity index (χ4v) is 2.73. The second-order valence-corrected chi connectivity index (χ2v) is 6.30. The Bertz CT molecular complexity index is 222. The molecule has 0 aromatic carbocycles. The molecule has 3 heteroatoms. The number of nitrogens with two attached hydrogens (primary N) is 1. The number of rotatable bonds is 5. The first-order valence-electron chi connectivity index (χ1n) is 7.00. The van der Waals surface area contributed by atoms with Crippen LogP contribution in [0, 0.1) is 11.8 Å². The average Bonchev–Trinajstić information content (AvgIpc) is 2.30. The van der Waals surface area contributed by atoms with Crippen molar-refractivity contribution in [2.45, 2.75) is 58.1 Å². The lowest BCUT2D eigenvalue weighted by molar-refractivity contribution is 0.0113. The zero-order chi connectivity index (χ0) is 13.1. The SMILES string of the molecule is CC1CCC(CN)(N(C)CC(O)C(C)C)CC1. The van der Waals surface area contributed by atoms with Gasteiger partial charge in [-0.3, -0.25) is 4.90 Å². The summed E-state index contributed by atoms with van der Waals surface area (Å²) in [6.07, 6.45) is 4.62. The molecule has 0 spiro atoms. The highest BCUT2D eigenvalue weighted by Crippen LogP contribution is 2.35. The van der Waals surface area contributed by atoms with Crippen LogP contribution < -0.4 is 5.73 Å². The Morgan fingerprint density at radius 3 is 2.29 bits per heavy atom. The molecule has 0 radical (unpaired) electrons. The predicted octanol–water partition coefficient (Wildman–Crippen LogP) is 1.84. The zero-order valence-electron chi connectivity index (χ0n) is 11.9. The van der Waals surface area contributed by atoms with Crippen molar-refractivity contribution in [1.82, 2.24) is 4.90 Å². The van der Waals surface area contributed by atoms with Gasteiger partial charge in [0.25, 0.3) is 0 Å². The standard InChI is InChI=1S/C14H30N2O/c1-11(2)13(17)9-16(4)14(10-15)7-5-12(3)6-8-14/h11-13,17H,5-10,15H2,1-4H3. The first-order valence-corrected chi connectivity index (χ1v) is 7.00. The van der Waals surface area contributed by atoms with E-state index < -0.39 is 0 Å². The van der Waals surface area contributed by atoms with Crippen molar-refractivity contribution in [2.24, 2.45) is 17.6 Å². The van der Waals surface area contributed by atoms with Crippen LogP contribution in [0.25, 0.3) is 0 Å². The van der Waals surface area contributed by atoms with Gasteiger partial charge in [-0.1, -0.05) is 20.8 Å². The fourth-order valence-electron chi connectivity index (χ4n) is 2.73. The topological polar surface area (TPSA) is 49.5 Å². The molecule has 1 atom stereocenters. The number of nitrogens with zero attached hydrogens (tertiary/aromatic N) is 1. The molecule has 0 bridgehead atoms. The molecule has 3 nitrogen and oxygen atoms in total. The summed E-state index contributed by atoms with van der Waals surface area (Å²) in [7, 11) is 2.12. The maximum absolute atomic E-state index is 10.0. The van der Waals surface area contributed by atoms with Gasteiger partial charge in [-0.15, -0.1) is 0 Å². The van der Waals surface area contributed by atoms with Gasteiger partial charge in [-0.05, 0) is 44.6 Å². The van der Waals surface area contributed by atoms with Crippen LogP contribution in [-0.2, 0) is 0 Å². The minimum absolute atomic E-state index is 0.127. The van der Waals surface area contributed by atoms with Crippen LogP contribution in [-0.4, -0.2) is 41.8 Å². The van der Waals surface area contributed by atoms with Crippen molar-refractivity contribution in [3.8, 4) is 0 Å². The van der Waals surface area contributed by atoms with E-state index in [9.17, 15) is 5.11 Å². The lowest BCUT2D eigenvalue weighted by atomic mass is 9.76. The molecule has 102 valence electrons. The Labute approximate surface area is 106 Å². The van der Waals surface area contributed by atoms with E-state index in [1.54, 1.807) is 0 Å². The van der Waals surface area contributed by atoms with Gasteiger partial charge < -0.3 is 10.8 Å². The Morgan fingerprint density at radius 2 is 1.88 bits per heavy atom. The van der Waals surface area contributed by atoms with E-state index >= 15 is 0 Å². The van der Waals surface area contributed by atoms with E-state index in [1.165, 1.54) is 25.7 Å². The summed E-state index contributed by atoms with van der Waals surface area (Å²) < 4.78 is 0. The largest absolute Gasteiger partial charge is 0.392 e. The van der Waals surface area contributed by atoms with Gasteiger partial charge in [0.2, 0.25) is 0 Å². The van der Waals surface area contributed by atoms with Crippen LogP contribution in [0.15, 0.2) is 0 Å². The van der Waals surface area contributed by atoms with Crippen molar-refractivity contribution < 1.29 is 5.11 Å². The van der Waals surface area contributed by atoms with Crippen LogP contribution >= 0.6 is 0 Å². The van der Waals surface area contributed by atoms with E-state index in [0.717, 1.165) is 12.5 Å². The van der Waals surface area contributed by atoms with Crippen molar-refractivity contribution in [3.05, 3.63) is 0 Å². The molecule has 3 N–H and O–H groups in total. The summed E-state index contributed by atoms with van der Waals surface area (Å²) in [5.41, 5.74) is 6.14. The van der Waals surface area contributed by atoms with Crippen molar-refractivity contribution in [3.63, 3.8) is 0 Å². The molecule has 0 aromatic heterocycles. The molecule has 1 fully saturated rings. The van der Waals surface area contributed by atoms with Gasteiger partial charge >= 0.3 is 0 Å². The van der Waals surface area contributed by atoms with Gasteiger partial charge in [-0.2, -0.15) is 0 Å². The summed E-state index contributed by atoms with van der Waals surface area (Å²) in [5, 5.41) is 10.0. The molecular weight excluding hydrogens is 212 g/mol. The Balaban J connectivity index is 2.60. The second-order valence-electron chi connectivity index (χ2n) is 6.30. The molecule has 1 rings (SSSR count). The maximum Gasteiger partial charge on any atom is 0.0690 e. The minimum atomic E-state index is -0.247. The molecule has 0 saturated heterocycles. The maximum atomic E-state index is 10.0. The lowest BCUT2D eigenvalue weighted by Crippen LogP contribution is -2.56. The molecule has 0 aliphatic heterocycles. The minimum Gasteiger partial charge on any atom is -0.392 e. The van der Waals surface area contributed by atoms with Gasteiger partial charge in [0.05, 0.1) is 6.10 Å². The molecule has 1 saturated carbocycles. The van der Waals surface area contributed by atoms with Gasteiger partial charge in [0.1, 0.15) is 0 Å². The summed E-state index contributed by atoms with van der Waals surface area (Å²) in [6, 6.07) is 0. The number of likely N-dealkylation sites (N-methyl/N-ethyl adjacent to an activating group) is 1. The van der Waals surface area contributed by atoms with Crippen molar-refractivity contribution >= 4 is 0 Å². The van der Waals surface area contributed by atoms with E-state index in [1.807, 2.05) is 0 Å². The first-order chi connectivity index (χ1) is 7.91. The van der Waals surface area contributed by atoms with Crippen LogP contribution in [0.4, 0.5) is 0 Å². The van der Waals surface area contributed by atoms with Crippen molar-refractivity contribution in [2.75, 3.05) is 20.1 Å². The Morgan fingerprint density at radius 1 is 1.35 bits per heavy atom. The molecule has 1 unspecified atom stereocenters. The van der Waals surface area contributed by atoms with E-state index in [0.29, 0.717) is 12.5 Å². The van der Waals surface area contributed by atoms with Crippen LogP contribution in [0.1, 0.15) is 46.5 Å². The van der Waals surface area contributed by atoms with E-state index in [4.69, 9.17) is 5.73 Å². The van der Waals surface area contributed by atoms with E-state index in [-0.39, 0.29) is 11.6 Å². The summed E-state index contributed by atoms with van der Waals surface area (Å²) in [5.74, 6) is 1.15. The molecular formula is C14H30N2O. The molecule has 0 amide bonds. The number of aliphatic hydroxyl groups is 1.